The lowest BCUT2D eigenvalue weighted by atomic mass is 9.68. The fourth-order valence-corrected chi connectivity index (χ4v) is 9.65. The normalized spacial score (nSPS) is 11.5. The molecule has 71 heavy (non-hydrogen) atoms. The maximum Gasteiger partial charge on any atom is 0.122 e. The van der Waals surface area contributed by atoms with Crippen molar-refractivity contribution in [2.75, 3.05) is 0 Å². The molecule has 0 aliphatic carbocycles. The zero-order valence-corrected chi connectivity index (χ0v) is 39.1. The average Bonchev–Trinajstić information content (AvgIpc) is 3.36. The lowest BCUT2D eigenvalue weighted by Gasteiger charge is -2.35. The van der Waals surface area contributed by atoms with Gasteiger partial charge in [-0.15, -0.1) is 0 Å². The van der Waals surface area contributed by atoms with Gasteiger partial charge < -0.3 is 46.0 Å². The number of para-hydroxylation sites is 6. The van der Waals surface area contributed by atoms with E-state index < -0.39 is 5.41 Å². The predicted molar refractivity (Wildman–Crippen MR) is 275 cm³/mol. The Morgan fingerprint density at radius 2 is 0.394 bits per heavy atom. The van der Waals surface area contributed by atoms with Crippen molar-refractivity contribution < 1.29 is 46.0 Å². The Morgan fingerprint density at radius 3 is 0.549 bits per heavy atom. The van der Waals surface area contributed by atoms with Crippen molar-refractivity contribution in [1.29, 1.82) is 0 Å². The van der Waals surface area contributed by atoms with Gasteiger partial charge in [-0.2, -0.15) is 0 Å². The third-order valence-electron chi connectivity index (χ3n) is 13.8. The first-order valence-corrected chi connectivity index (χ1v) is 23.4. The summed E-state index contributed by atoms with van der Waals surface area (Å²) >= 11 is 0. The Hall–Kier alpha value is -8.82. The molecule has 9 aromatic carbocycles. The fourth-order valence-electron chi connectivity index (χ4n) is 9.65. The molecular formula is C62H54O9. The number of phenols is 9. The second kappa shape index (κ2) is 20.0. The molecule has 0 spiro atoms. The number of hydrogen-bond donors (Lipinski definition) is 9. The molecule has 0 aliphatic heterocycles. The van der Waals surface area contributed by atoms with Crippen molar-refractivity contribution in [2.45, 2.75) is 50.9 Å². The first-order valence-electron chi connectivity index (χ1n) is 23.4. The third kappa shape index (κ3) is 9.89. The molecule has 0 atom stereocenters. The van der Waals surface area contributed by atoms with Crippen LogP contribution in [0.5, 0.6) is 51.7 Å². The van der Waals surface area contributed by atoms with Gasteiger partial charge in [0, 0.05) is 43.9 Å². The Kier molecular flexibility index (Phi) is 13.3. The first kappa shape index (κ1) is 47.3. The van der Waals surface area contributed by atoms with Gasteiger partial charge >= 0.3 is 0 Å². The van der Waals surface area contributed by atoms with Gasteiger partial charge in [0.15, 0.2) is 0 Å². The molecule has 0 fully saturated rings. The standard InChI is InChI=1S/C62H54O9/c1-62(50-32-44(26-38-14-2-8-20-53(38)63)59(69)45(33-50)27-39-15-3-9-21-54(39)64,51-34-46(28-40-16-4-10-22-55(40)65)60(70)47(35-51)29-41-17-5-11-23-56(41)66)52-36-48(30-42-18-6-12-24-57(42)67)61(71)49(37-52)31-43-19-7-13-25-58(43)68/h2-25,32-37,63-71H,26-31H2,1H3. The largest absolute Gasteiger partial charge is 0.508 e. The van der Waals surface area contributed by atoms with Crippen molar-refractivity contribution >= 4 is 0 Å². The Balaban J connectivity index is 1.37. The number of aromatic hydroxyl groups is 9. The van der Waals surface area contributed by atoms with Crippen molar-refractivity contribution in [3.63, 3.8) is 0 Å². The van der Waals surface area contributed by atoms with E-state index in [9.17, 15) is 46.0 Å². The molecular weight excluding hydrogens is 889 g/mol. The van der Waals surface area contributed by atoms with Crippen LogP contribution in [0.1, 0.15) is 90.4 Å². The van der Waals surface area contributed by atoms with E-state index in [1.54, 1.807) is 109 Å². The van der Waals surface area contributed by atoms with Gasteiger partial charge in [0.2, 0.25) is 0 Å². The van der Waals surface area contributed by atoms with Crippen molar-refractivity contribution in [1.82, 2.24) is 0 Å². The Morgan fingerprint density at radius 1 is 0.239 bits per heavy atom. The summed E-state index contributed by atoms with van der Waals surface area (Å²) in [4.78, 5) is 0. The lowest BCUT2D eigenvalue weighted by molar-refractivity contribution is 0.456. The van der Waals surface area contributed by atoms with Crippen LogP contribution in [-0.4, -0.2) is 46.0 Å². The summed E-state index contributed by atoms with van der Waals surface area (Å²) < 4.78 is 0. The minimum atomic E-state index is -1.27. The molecule has 9 aromatic rings. The van der Waals surface area contributed by atoms with Crippen molar-refractivity contribution in [2.24, 2.45) is 0 Å². The van der Waals surface area contributed by atoms with Gasteiger partial charge in [0.05, 0.1) is 0 Å². The van der Waals surface area contributed by atoms with E-state index in [4.69, 9.17) is 0 Å². The molecule has 0 saturated carbocycles. The van der Waals surface area contributed by atoms with Crippen LogP contribution in [0.2, 0.25) is 0 Å². The van der Waals surface area contributed by atoms with Crippen LogP contribution in [0.3, 0.4) is 0 Å². The Labute approximate surface area is 412 Å². The first-order chi connectivity index (χ1) is 34.3. The van der Waals surface area contributed by atoms with Gasteiger partial charge in [-0.3, -0.25) is 0 Å². The van der Waals surface area contributed by atoms with Crippen LogP contribution in [0.15, 0.2) is 182 Å². The summed E-state index contributed by atoms with van der Waals surface area (Å²) in [6.45, 7) is 2.02. The molecule has 0 radical (unpaired) electrons. The highest BCUT2D eigenvalue weighted by molar-refractivity contribution is 5.63. The van der Waals surface area contributed by atoms with Gasteiger partial charge in [0.25, 0.3) is 0 Å². The van der Waals surface area contributed by atoms with Crippen LogP contribution >= 0.6 is 0 Å². The van der Waals surface area contributed by atoms with Crippen LogP contribution in [0.25, 0.3) is 0 Å². The number of phenolic OH excluding ortho intramolecular Hbond substituents is 9. The molecule has 0 aliphatic rings. The van der Waals surface area contributed by atoms with E-state index in [1.165, 1.54) is 0 Å². The second-order valence-electron chi connectivity index (χ2n) is 18.4. The SMILES string of the molecule is CC(c1cc(Cc2ccccc2O)c(O)c(Cc2ccccc2O)c1)(c1cc(Cc2ccccc2O)c(O)c(Cc2ccccc2O)c1)c1cc(Cc2ccccc2O)c(O)c(Cc2ccccc2O)c1. The number of benzene rings is 9. The molecule has 0 amide bonds. The molecule has 0 bridgehead atoms. The third-order valence-corrected chi connectivity index (χ3v) is 13.8. The van der Waals surface area contributed by atoms with E-state index >= 15 is 0 Å². The van der Waals surface area contributed by atoms with Crippen LogP contribution in [-0.2, 0) is 43.9 Å². The van der Waals surface area contributed by atoms with Crippen LogP contribution < -0.4 is 0 Å². The summed E-state index contributed by atoms with van der Waals surface area (Å²) in [5.74, 6) is 0.192. The lowest BCUT2D eigenvalue weighted by Crippen LogP contribution is -2.27. The number of rotatable bonds is 15. The highest BCUT2D eigenvalue weighted by Crippen LogP contribution is 2.48. The molecule has 9 rings (SSSR count). The molecule has 9 N–H and O–H groups in total. The van der Waals surface area contributed by atoms with E-state index in [0.717, 1.165) is 0 Å². The quantitative estimate of drug-likeness (QED) is 0.0452. The monoisotopic (exact) mass is 942 g/mol. The maximum atomic E-state index is 12.3. The van der Waals surface area contributed by atoms with Gasteiger partial charge in [-0.05, 0) is 127 Å². The number of hydrogen-bond acceptors (Lipinski definition) is 9. The van der Waals surface area contributed by atoms with E-state index in [1.807, 2.05) is 79.7 Å². The zero-order valence-electron chi connectivity index (χ0n) is 39.1. The summed E-state index contributed by atoms with van der Waals surface area (Å²) in [7, 11) is 0. The predicted octanol–water partition coefficient (Wildman–Crippen LogP) is 11.9. The average molecular weight is 943 g/mol. The minimum absolute atomic E-state index is 0.0278. The van der Waals surface area contributed by atoms with Crippen molar-refractivity contribution in [3.05, 3.63) is 265 Å². The summed E-state index contributed by atoms with van der Waals surface area (Å²) in [6.07, 6.45) is 0.723. The topological polar surface area (TPSA) is 182 Å². The summed E-state index contributed by atoms with van der Waals surface area (Å²) in [6, 6.07) is 52.9. The molecule has 356 valence electrons. The summed E-state index contributed by atoms with van der Waals surface area (Å²) in [5.41, 5.74) is 6.96. The smallest absolute Gasteiger partial charge is 0.122 e. The van der Waals surface area contributed by atoms with Crippen molar-refractivity contribution in [3.8, 4) is 51.7 Å². The van der Waals surface area contributed by atoms with Gasteiger partial charge in [0.1, 0.15) is 51.7 Å². The molecule has 0 saturated heterocycles. The summed E-state index contributed by atoms with van der Waals surface area (Å²) in [5, 5.41) is 103. The maximum absolute atomic E-state index is 12.3. The van der Waals surface area contributed by atoms with Crippen LogP contribution in [0.4, 0.5) is 0 Å². The van der Waals surface area contributed by atoms with Gasteiger partial charge in [-0.1, -0.05) is 146 Å². The molecule has 0 unspecified atom stereocenters. The molecule has 9 nitrogen and oxygen atoms in total. The highest BCUT2D eigenvalue weighted by atomic mass is 16.3. The fraction of sp³-hybridized carbons (Fsp3) is 0.129. The molecule has 9 heteroatoms. The minimum Gasteiger partial charge on any atom is -0.508 e. The van der Waals surface area contributed by atoms with E-state index in [-0.39, 0.29) is 90.3 Å². The highest BCUT2D eigenvalue weighted by Gasteiger charge is 2.36. The zero-order chi connectivity index (χ0) is 49.8. The van der Waals surface area contributed by atoms with E-state index in [2.05, 4.69) is 0 Å². The van der Waals surface area contributed by atoms with Gasteiger partial charge in [-0.25, -0.2) is 0 Å². The van der Waals surface area contributed by atoms with Crippen LogP contribution in [0, 0.1) is 0 Å². The molecule has 0 heterocycles. The van der Waals surface area contributed by atoms with E-state index in [0.29, 0.717) is 83.5 Å². The molecule has 0 aromatic heterocycles. The Bertz CT molecular complexity index is 2850. The second-order valence-corrected chi connectivity index (χ2v) is 18.4.